The third kappa shape index (κ3) is 1.50. The SMILES string of the molecule is S=C1C=CC(S)(S)C1. The zero-order valence-electron chi connectivity index (χ0n) is 4.16. The molecule has 0 saturated carbocycles. The van der Waals surface area contributed by atoms with Crippen molar-refractivity contribution in [3.05, 3.63) is 12.2 Å². The van der Waals surface area contributed by atoms with Crippen LogP contribution in [0.4, 0.5) is 0 Å². The van der Waals surface area contributed by atoms with Gasteiger partial charge in [0.15, 0.2) is 0 Å². The molecular weight excluding hydrogens is 156 g/mol. The van der Waals surface area contributed by atoms with Gasteiger partial charge in [-0.1, -0.05) is 18.3 Å². The quantitative estimate of drug-likeness (QED) is 0.311. The summed E-state index contributed by atoms with van der Waals surface area (Å²) in [6, 6.07) is 0. The molecule has 0 atom stereocenters. The van der Waals surface area contributed by atoms with Crippen molar-refractivity contribution < 1.29 is 0 Å². The molecule has 0 aliphatic heterocycles. The molecule has 0 unspecified atom stereocenters. The van der Waals surface area contributed by atoms with E-state index in [2.05, 4.69) is 25.3 Å². The molecule has 0 aromatic heterocycles. The lowest BCUT2D eigenvalue weighted by Crippen LogP contribution is -2.05. The van der Waals surface area contributed by atoms with Gasteiger partial charge in [-0.25, -0.2) is 0 Å². The van der Waals surface area contributed by atoms with Crippen LogP contribution in [0.25, 0.3) is 0 Å². The molecule has 1 aliphatic rings. The second-order valence-corrected chi connectivity index (χ2v) is 4.33. The standard InChI is InChI=1S/C5H6S3/c6-4-1-2-5(7,8)3-4/h1-2,7-8H,3H2. The summed E-state index contributed by atoms with van der Waals surface area (Å²) < 4.78 is -0.267. The van der Waals surface area contributed by atoms with E-state index in [9.17, 15) is 0 Å². The van der Waals surface area contributed by atoms with Crippen molar-refractivity contribution in [2.75, 3.05) is 0 Å². The molecule has 1 aliphatic carbocycles. The highest BCUT2D eigenvalue weighted by atomic mass is 32.2. The van der Waals surface area contributed by atoms with Crippen LogP contribution in [0, 0.1) is 0 Å². The fourth-order valence-corrected chi connectivity index (χ4v) is 1.60. The lowest BCUT2D eigenvalue weighted by Gasteiger charge is -2.09. The zero-order valence-corrected chi connectivity index (χ0v) is 6.77. The first-order valence-corrected chi connectivity index (χ1v) is 3.57. The molecule has 44 valence electrons. The van der Waals surface area contributed by atoms with Gasteiger partial charge in [0.2, 0.25) is 0 Å². The van der Waals surface area contributed by atoms with E-state index in [0.29, 0.717) is 0 Å². The Balaban J connectivity index is 2.72. The largest absolute Gasteiger partial charge is 0.157 e. The minimum absolute atomic E-state index is 0.267. The number of hydrogen-bond acceptors (Lipinski definition) is 3. The Hall–Kier alpha value is 0.530. The van der Waals surface area contributed by atoms with Crippen molar-refractivity contribution >= 4 is 42.3 Å². The normalized spacial score (nSPS) is 24.5. The van der Waals surface area contributed by atoms with Gasteiger partial charge < -0.3 is 0 Å². The van der Waals surface area contributed by atoms with E-state index < -0.39 is 0 Å². The van der Waals surface area contributed by atoms with Crippen molar-refractivity contribution in [1.82, 2.24) is 0 Å². The molecular formula is C5H6S3. The molecule has 0 heterocycles. The van der Waals surface area contributed by atoms with Gasteiger partial charge >= 0.3 is 0 Å². The predicted molar refractivity (Wildman–Crippen MR) is 47.1 cm³/mol. The summed E-state index contributed by atoms with van der Waals surface area (Å²) in [5.74, 6) is 0. The number of hydrogen-bond donors (Lipinski definition) is 2. The molecule has 0 radical (unpaired) electrons. The molecule has 0 nitrogen and oxygen atoms in total. The molecule has 0 saturated heterocycles. The van der Waals surface area contributed by atoms with E-state index in [1.807, 2.05) is 12.2 Å². The van der Waals surface area contributed by atoms with Crippen LogP contribution in [0.5, 0.6) is 0 Å². The van der Waals surface area contributed by atoms with Gasteiger partial charge in [-0.2, -0.15) is 25.3 Å². The molecule has 0 spiro atoms. The molecule has 0 fully saturated rings. The summed E-state index contributed by atoms with van der Waals surface area (Å²) in [6.45, 7) is 0. The van der Waals surface area contributed by atoms with Crippen molar-refractivity contribution in [3.8, 4) is 0 Å². The second-order valence-electron chi connectivity index (χ2n) is 1.85. The monoisotopic (exact) mass is 162 g/mol. The minimum atomic E-state index is -0.267. The first-order valence-electron chi connectivity index (χ1n) is 2.27. The van der Waals surface area contributed by atoms with E-state index in [1.54, 1.807) is 0 Å². The average molecular weight is 162 g/mol. The average Bonchev–Trinajstić information content (AvgIpc) is 1.82. The van der Waals surface area contributed by atoms with Crippen LogP contribution in [-0.2, 0) is 0 Å². The van der Waals surface area contributed by atoms with Crippen LogP contribution < -0.4 is 0 Å². The van der Waals surface area contributed by atoms with Crippen LogP contribution in [-0.4, -0.2) is 8.94 Å². The second kappa shape index (κ2) is 2.05. The Bertz CT molecular complexity index is 146. The van der Waals surface area contributed by atoms with Gasteiger partial charge in [0.05, 0.1) is 4.08 Å². The van der Waals surface area contributed by atoms with E-state index in [1.165, 1.54) is 0 Å². The van der Waals surface area contributed by atoms with Gasteiger partial charge in [-0.05, 0) is 6.08 Å². The maximum Gasteiger partial charge on any atom is 0.0784 e. The number of thiol groups is 2. The van der Waals surface area contributed by atoms with E-state index in [4.69, 9.17) is 12.2 Å². The molecule has 1 rings (SSSR count). The van der Waals surface area contributed by atoms with E-state index in [-0.39, 0.29) is 4.08 Å². The Labute approximate surface area is 65.2 Å². The van der Waals surface area contributed by atoms with Crippen LogP contribution in [0.3, 0.4) is 0 Å². The minimum Gasteiger partial charge on any atom is -0.157 e. The number of allylic oxidation sites excluding steroid dienone is 1. The molecule has 0 aromatic rings. The number of rotatable bonds is 0. The predicted octanol–water partition coefficient (Wildman–Crippen LogP) is 1.87. The maximum absolute atomic E-state index is 4.88. The van der Waals surface area contributed by atoms with Gasteiger partial charge in [0.25, 0.3) is 0 Å². The van der Waals surface area contributed by atoms with Crippen LogP contribution in [0.15, 0.2) is 12.2 Å². The van der Waals surface area contributed by atoms with Crippen molar-refractivity contribution in [1.29, 1.82) is 0 Å². The van der Waals surface area contributed by atoms with Crippen LogP contribution in [0.1, 0.15) is 6.42 Å². The van der Waals surface area contributed by atoms with E-state index in [0.717, 1.165) is 11.3 Å². The summed E-state index contributed by atoms with van der Waals surface area (Å²) in [7, 11) is 0. The van der Waals surface area contributed by atoms with Crippen LogP contribution >= 0.6 is 37.5 Å². The molecule has 0 amide bonds. The third-order valence-electron chi connectivity index (χ3n) is 0.971. The van der Waals surface area contributed by atoms with Crippen molar-refractivity contribution in [2.45, 2.75) is 10.5 Å². The fraction of sp³-hybridized carbons (Fsp3) is 0.400. The highest BCUT2D eigenvalue weighted by molar-refractivity contribution is 8.01. The highest BCUT2D eigenvalue weighted by Gasteiger charge is 2.22. The fourth-order valence-electron chi connectivity index (χ4n) is 0.601. The molecule has 3 heteroatoms. The van der Waals surface area contributed by atoms with Gasteiger partial charge in [-0.3, -0.25) is 0 Å². The topological polar surface area (TPSA) is 0 Å². The maximum atomic E-state index is 4.88. The summed E-state index contributed by atoms with van der Waals surface area (Å²) >= 11 is 13.3. The lowest BCUT2D eigenvalue weighted by molar-refractivity contribution is 1.12. The molecule has 0 aromatic carbocycles. The smallest absolute Gasteiger partial charge is 0.0784 e. The summed E-state index contributed by atoms with van der Waals surface area (Å²) in [6.07, 6.45) is 4.57. The van der Waals surface area contributed by atoms with Crippen LogP contribution in [0.2, 0.25) is 0 Å². The lowest BCUT2D eigenvalue weighted by atomic mass is 10.3. The number of thiocarbonyl (C=S) groups is 1. The van der Waals surface area contributed by atoms with Crippen molar-refractivity contribution in [3.63, 3.8) is 0 Å². The Morgan fingerprint density at radius 3 is 2.38 bits per heavy atom. The van der Waals surface area contributed by atoms with E-state index >= 15 is 0 Å². The Morgan fingerprint density at radius 1 is 1.62 bits per heavy atom. The molecule has 8 heavy (non-hydrogen) atoms. The van der Waals surface area contributed by atoms with Gasteiger partial charge in [-0.15, -0.1) is 0 Å². The Kier molecular flexibility index (Phi) is 1.70. The first kappa shape index (κ1) is 6.65. The zero-order chi connectivity index (χ0) is 6.20. The molecule has 0 bridgehead atoms. The Morgan fingerprint density at radius 2 is 2.25 bits per heavy atom. The summed E-state index contributed by atoms with van der Waals surface area (Å²) in [5.41, 5.74) is 0. The third-order valence-corrected chi connectivity index (χ3v) is 1.87. The summed E-state index contributed by atoms with van der Waals surface area (Å²) in [4.78, 5) is 0.940. The van der Waals surface area contributed by atoms with Gasteiger partial charge in [0, 0.05) is 11.3 Å². The summed E-state index contributed by atoms with van der Waals surface area (Å²) in [5, 5.41) is 0. The highest BCUT2D eigenvalue weighted by Crippen LogP contribution is 2.31. The first-order chi connectivity index (χ1) is 3.60. The van der Waals surface area contributed by atoms with Crippen molar-refractivity contribution in [2.24, 2.45) is 0 Å². The molecule has 0 N–H and O–H groups in total. The van der Waals surface area contributed by atoms with Gasteiger partial charge in [0.1, 0.15) is 0 Å².